The van der Waals surface area contributed by atoms with Gasteiger partial charge < -0.3 is 19.5 Å². The highest BCUT2D eigenvalue weighted by Gasteiger charge is 2.29. The zero-order valence-corrected chi connectivity index (χ0v) is 18.5. The molecule has 1 aliphatic heterocycles. The van der Waals surface area contributed by atoms with Crippen molar-refractivity contribution in [1.82, 2.24) is 4.90 Å². The van der Waals surface area contributed by atoms with Crippen molar-refractivity contribution in [3.05, 3.63) is 39.8 Å². The average molecular weight is 441 g/mol. The van der Waals surface area contributed by atoms with E-state index in [0.29, 0.717) is 27.6 Å². The molecule has 1 amide bonds. The average Bonchev–Trinajstić information content (AvgIpc) is 3.08. The number of hydrogen-bond donors (Lipinski definition) is 1. The summed E-state index contributed by atoms with van der Waals surface area (Å²) in [5, 5.41) is 3.39. The summed E-state index contributed by atoms with van der Waals surface area (Å²) in [4.78, 5) is 28.8. The number of methoxy groups -OCH3 is 3. The summed E-state index contributed by atoms with van der Waals surface area (Å²) in [5.41, 5.74) is 1.75. The summed E-state index contributed by atoms with van der Waals surface area (Å²) in [5.74, 6) is 0.00945. The Bertz CT molecular complexity index is 899. The van der Waals surface area contributed by atoms with E-state index in [0.717, 1.165) is 36.5 Å². The highest BCUT2D eigenvalue weighted by Crippen LogP contribution is 2.38. The number of amides is 1. The standard InChI is InChI=1S/C20H24N2O5S.ClH/c1-5-22-10-9-12-15(11-22)28-19(16(12)20(24)27-4)21-18(23)13-7-6-8-14(25-2)17(13)26-3;/h6-8H,5,9-11H2,1-4H3,(H,21,23);1H. The molecule has 7 nitrogen and oxygen atoms in total. The van der Waals surface area contributed by atoms with Crippen molar-refractivity contribution in [2.24, 2.45) is 0 Å². The molecule has 0 bridgehead atoms. The van der Waals surface area contributed by atoms with Crippen LogP contribution < -0.4 is 14.8 Å². The van der Waals surface area contributed by atoms with Gasteiger partial charge in [0.15, 0.2) is 11.5 Å². The monoisotopic (exact) mass is 440 g/mol. The number of thiophene rings is 1. The highest BCUT2D eigenvalue weighted by molar-refractivity contribution is 7.17. The first-order valence-electron chi connectivity index (χ1n) is 9.01. The molecule has 2 aromatic rings. The summed E-state index contributed by atoms with van der Waals surface area (Å²) in [6.07, 6.45) is 0.752. The van der Waals surface area contributed by atoms with Gasteiger partial charge in [0.25, 0.3) is 5.91 Å². The topological polar surface area (TPSA) is 77.1 Å². The van der Waals surface area contributed by atoms with Crippen LogP contribution in [0.3, 0.4) is 0 Å². The van der Waals surface area contributed by atoms with Gasteiger partial charge in [0, 0.05) is 18.0 Å². The number of para-hydroxylation sites is 1. The molecular formula is C20H25ClN2O5S. The van der Waals surface area contributed by atoms with E-state index in [-0.39, 0.29) is 18.3 Å². The van der Waals surface area contributed by atoms with Gasteiger partial charge in [-0.1, -0.05) is 13.0 Å². The maximum atomic E-state index is 13.0. The van der Waals surface area contributed by atoms with Crippen LogP contribution in [0.1, 0.15) is 38.1 Å². The number of carbonyl (C=O) groups excluding carboxylic acids is 2. The van der Waals surface area contributed by atoms with Gasteiger partial charge in [-0.05, 0) is 30.7 Å². The molecule has 29 heavy (non-hydrogen) atoms. The van der Waals surface area contributed by atoms with Crippen LogP contribution in [0.4, 0.5) is 5.00 Å². The molecule has 0 atom stereocenters. The largest absolute Gasteiger partial charge is 0.493 e. The van der Waals surface area contributed by atoms with Crippen LogP contribution in [0.15, 0.2) is 18.2 Å². The summed E-state index contributed by atoms with van der Waals surface area (Å²) < 4.78 is 15.6. The minimum Gasteiger partial charge on any atom is -0.493 e. The SMILES string of the molecule is CCN1CCc2c(sc(NC(=O)c3cccc(OC)c3OC)c2C(=O)OC)C1.Cl. The van der Waals surface area contributed by atoms with Gasteiger partial charge in [0.2, 0.25) is 0 Å². The van der Waals surface area contributed by atoms with Crippen molar-refractivity contribution in [3.63, 3.8) is 0 Å². The van der Waals surface area contributed by atoms with Crippen LogP contribution in [0.2, 0.25) is 0 Å². The molecule has 0 fully saturated rings. The van der Waals surface area contributed by atoms with E-state index in [9.17, 15) is 9.59 Å². The van der Waals surface area contributed by atoms with Crippen molar-refractivity contribution < 1.29 is 23.8 Å². The van der Waals surface area contributed by atoms with Crippen LogP contribution in [0, 0.1) is 0 Å². The predicted octanol–water partition coefficient (Wildman–Crippen LogP) is 3.60. The van der Waals surface area contributed by atoms with Crippen LogP contribution in [-0.2, 0) is 17.7 Å². The Morgan fingerprint density at radius 2 is 1.97 bits per heavy atom. The van der Waals surface area contributed by atoms with Crippen molar-refractivity contribution in [2.45, 2.75) is 19.9 Å². The van der Waals surface area contributed by atoms with E-state index < -0.39 is 5.97 Å². The molecule has 9 heteroatoms. The molecule has 0 radical (unpaired) electrons. The summed E-state index contributed by atoms with van der Waals surface area (Å²) >= 11 is 1.42. The number of nitrogens with one attached hydrogen (secondary N) is 1. The van der Waals surface area contributed by atoms with Gasteiger partial charge >= 0.3 is 5.97 Å². The van der Waals surface area contributed by atoms with Crippen molar-refractivity contribution in [1.29, 1.82) is 0 Å². The van der Waals surface area contributed by atoms with Crippen LogP contribution in [-0.4, -0.2) is 51.2 Å². The lowest BCUT2D eigenvalue weighted by Gasteiger charge is -2.25. The smallest absolute Gasteiger partial charge is 0.341 e. The van der Waals surface area contributed by atoms with E-state index >= 15 is 0 Å². The zero-order valence-electron chi connectivity index (χ0n) is 16.9. The Morgan fingerprint density at radius 3 is 2.59 bits per heavy atom. The molecule has 2 heterocycles. The number of likely N-dealkylation sites (N-methyl/N-ethyl adjacent to an activating group) is 1. The second-order valence-electron chi connectivity index (χ2n) is 6.31. The molecule has 0 unspecified atom stereocenters. The molecule has 0 spiro atoms. The highest BCUT2D eigenvalue weighted by atomic mass is 35.5. The number of ether oxygens (including phenoxy) is 3. The third kappa shape index (κ3) is 4.49. The second-order valence-corrected chi connectivity index (χ2v) is 7.42. The molecule has 1 N–H and O–H groups in total. The molecule has 0 aliphatic carbocycles. The van der Waals surface area contributed by atoms with E-state index in [1.807, 2.05) is 0 Å². The van der Waals surface area contributed by atoms with Gasteiger partial charge in [-0.2, -0.15) is 0 Å². The number of anilines is 1. The van der Waals surface area contributed by atoms with Crippen molar-refractivity contribution in [2.75, 3.05) is 39.7 Å². The number of carbonyl (C=O) groups is 2. The summed E-state index contributed by atoms with van der Waals surface area (Å²) in [7, 11) is 4.35. The zero-order chi connectivity index (χ0) is 20.3. The van der Waals surface area contributed by atoms with Gasteiger partial charge in [0.1, 0.15) is 5.00 Å². The van der Waals surface area contributed by atoms with Gasteiger partial charge in [-0.3, -0.25) is 9.69 Å². The lowest BCUT2D eigenvalue weighted by molar-refractivity contribution is 0.0600. The maximum absolute atomic E-state index is 13.0. The van der Waals surface area contributed by atoms with Crippen LogP contribution in [0.5, 0.6) is 11.5 Å². The predicted molar refractivity (Wildman–Crippen MR) is 115 cm³/mol. The van der Waals surface area contributed by atoms with E-state index in [1.165, 1.54) is 32.7 Å². The first-order chi connectivity index (χ1) is 13.5. The Labute approximate surface area is 180 Å². The lowest BCUT2D eigenvalue weighted by atomic mass is 10.0. The number of esters is 1. The molecule has 0 saturated heterocycles. The van der Waals surface area contributed by atoms with E-state index in [2.05, 4.69) is 17.1 Å². The normalized spacial score (nSPS) is 13.1. The first-order valence-corrected chi connectivity index (χ1v) is 9.83. The fourth-order valence-electron chi connectivity index (χ4n) is 3.37. The fourth-order valence-corrected chi connectivity index (χ4v) is 4.64. The Kier molecular flexibility index (Phi) is 7.89. The number of rotatable bonds is 6. The Balaban J connectivity index is 0.00000300. The molecule has 1 aliphatic rings. The van der Waals surface area contributed by atoms with Crippen LogP contribution in [0.25, 0.3) is 0 Å². The summed E-state index contributed by atoms with van der Waals surface area (Å²) in [6.45, 7) is 4.69. The first kappa shape index (κ1) is 23.0. The number of hydrogen-bond acceptors (Lipinski definition) is 7. The number of nitrogens with zero attached hydrogens (tertiary/aromatic N) is 1. The number of fused-ring (bicyclic) bond motifs is 1. The minimum atomic E-state index is -0.435. The minimum absolute atomic E-state index is 0. The van der Waals surface area contributed by atoms with Gasteiger partial charge in [0.05, 0.1) is 32.5 Å². The Morgan fingerprint density at radius 1 is 1.21 bits per heavy atom. The summed E-state index contributed by atoms with van der Waals surface area (Å²) in [6, 6.07) is 5.09. The third-order valence-corrected chi connectivity index (χ3v) is 5.98. The second kappa shape index (κ2) is 9.96. The molecule has 1 aromatic carbocycles. The Hall–Kier alpha value is -2.29. The van der Waals surface area contributed by atoms with E-state index in [4.69, 9.17) is 14.2 Å². The maximum Gasteiger partial charge on any atom is 0.341 e. The quantitative estimate of drug-likeness (QED) is 0.691. The molecule has 3 rings (SSSR count). The molecular weight excluding hydrogens is 416 g/mol. The van der Waals surface area contributed by atoms with Crippen LogP contribution >= 0.6 is 23.7 Å². The third-order valence-electron chi connectivity index (χ3n) is 4.85. The molecule has 1 aromatic heterocycles. The number of halogens is 1. The molecule has 158 valence electrons. The molecule has 0 saturated carbocycles. The van der Waals surface area contributed by atoms with Crippen molar-refractivity contribution >= 4 is 40.6 Å². The van der Waals surface area contributed by atoms with E-state index in [1.54, 1.807) is 18.2 Å². The van der Waals surface area contributed by atoms with Gasteiger partial charge in [-0.15, -0.1) is 23.7 Å². The van der Waals surface area contributed by atoms with Gasteiger partial charge in [-0.25, -0.2) is 4.79 Å². The lowest BCUT2D eigenvalue weighted by Crippen LogP contribution is -2.29. The van der Waals surface area contributed by atoms with Crippen molar-refractivity contribution in [3.8, 4) is 11.5 Å². The number of benzene rings is 1. The fraction of sp³-hybridized carbons (Fsp3) is 0.400.